The average molecular weight is 353 g/mol. The van der Waals surface area contributed by atoms with Gasteiger partial charge >= 0.3 is 0 Å². The molecule has 0 aromatic carbocycles. The molecule has 2 aromatic heterocycles. The van der Waals surface area contributed by atoms with E-state index >= 15 is 0 Å². The first-order valence-corrected chi connectivity index (χ1v) is 8.76. The lowest BCUT2D eigenvalue weighted by Crippen LogP contribution is -2.24. The van der Waals surface area contributed by atoms with E-state index in [0.717, 1.165) is 36.0 Å². The molecule has 1 atom stereocenters. The van der Waals surface area contributed by atoms with Gasteiger partial charge in [-0.05, 0) is 59.6 Å². The second-order valence-electron chi connectivity index (χ2n) is 4.83. The topological polar surface area (TPSA) is 24.9 Å². The van der Waals surface area contributed by atoms with Crippen LogP contribution in [0.2, 0.25) is 0 Å². The van der Waals surface area contributed by atoms with Gasteiger partial charge in [0.2, 0.25) is 0 Å². The van der Waals surface area contributed by atoms with Crippen molar-refractivity contribution in [3.8, 4) is 0 Å². The smallest absolute Gasteiger partial charge is 0.0577 e. The number of hydrogen-bond acceptors (Lipinski definition) is 3. The minimum Gasteiger partial charge on any atom is -0.308 e. The van der Waals surface area contributed by atoms with E-state index < -0.39 is 0 Å². The number of halogens is 1. The summed E-state index contributed by atoms with van der Waals surface area (Å²) in [6.45, 7) is 5.42. The predicted molar refractivity (Wildman–Crippen MR) is 90.4 cm³/mol. The van der Waals surface area contributed by atoms with Crippen LogP contribution >= 0.6 is 27.3 Å². The summed E-state index contributed by atoms with van der Waals surface area (Å²) in [7, 11) is 0. The van der Waals surface area contributed by atoms with E-state index in [1.807, 2.05) is 17.5 Å². The van der Waals surface area contributed by atoms with Gasteiger partial charge in [0.1, 0.15) is 0 Å². The number of thiophene rings is 1. The Morgan fingerprint density at radius 3 is 2.60 bits per heavy atom. The second kappa shape index (κ2) is 7.91. The van der Waals surface area contributed by atoms with Gasteiger partial charge in [0.25, 0.3) is 0 Å². The van der Waals surface area contributed by atoms with Crippen molar-refractivity contribution in [3.63, 3.8) is 0 Å². The number of nitrogens with zero attached hydrogens (tertiary/aromatic N) is 1. The Labute approximate surface area is 133 Å². The lowest BCUT2D eigenvalue weighted by Gasteiger charge is -2.17. The molecule has 0 aliphatic heterocycles. The molecule has 0 saturated heterocycles. The Kier molecular flexibility index (Phi) is 6.20. The van der Waals surface area contributed by atoms with Gasteiger partial charge in [-0.2, -0.15) is 0 Å². The molecule has 4 heteroatoms. The van der Waals surface area contributed by atoms with Crippen LogP contribution in [0.1, 0.15) is 41.8 Å². The molecule has 0 spiro atoms. The molecule has 0 amide bonds. The molecule has 2 nitrogen and oxygen atoms in total. The highest BCUT2D eigenvalue weighted by molar-refractivity contribution is 9.10. The largest absolute Gasteiger partial charge is 0.308 e. The van der Waals surface area contributed by atoms with E-state index in [2.05, 4.69) is 64.3 Å². The summed E-state index contributed by atoms with van der Waals surface area (Å²) in [6.07, 6.45) is 5.15. The molecule has 1 unspecified atom stereocenters. The Balaban J connectivity index is 2.12. The summed E-state index contributed by atoms with van der Waals surface area (Å²) in [5, 5.41) is 3.61. The van der Waals surface area contributed by atoms with Crippen molar-refractivity contribution in [1.29, 1.82) is 0 Å². The van der Waals surface area contributed by atoms with Crippen molar-refractivity contribution in [2.75, 3.05) is 6.54 Å². The van der Waals surface area contributed by atoms with Gasteiger partial charge in [-0.25, -0.2) is 0 Å². The highest BCUT2D eigenvalue weighted by Crippen LogP contribution is 2.24. The van der Waals surface area contributed by atoms with E-state index in [4.69, 9.17) is 0 Å². The fourth-order valence-electron chi connectivity index (χ4n) is 2.12. The lowest BCUT2D eigenvalue weighted by molar-refractivity contribution is 0.520. The van der Waals surface area contributed by atoms with Crippen LogP contribution < -0.4 is 5.32 Å². The maximum Gasteiger partial charge on any atom is 0.0577 e. The van der Waals surface area contributed by atoms with Gasteiger partial charge in [0.15, 0.2) is 0 Å². The molecule has 0 aliphatic carbocycles. The Morgan fingerprint density at radius 1 is 1.20 bits per heavy atom. The Morgan fingerprint density at radius 2 is 2.00 bits per heavy atom. The summed E-state index contributed by atoms with van der Waals surface area (Å²) in [4.78, 5) is 7.44. The molecule has 0 saturated carbocycles. The molecular formula is C16H21BrN2S. The van der Waals surface area contributed by atoms with Crippen LogP contribution in [-0.4, -0.2) is 11.5 Å². The van der Waals surface area contributed by atoms with E-state index in [0.29, 0.717) is 6.04 Å². The van der Waals surface area contributed by atoms with Gasteiger partial charge in [-0.3, -0.25) is 4.98 Å². The van der Waals surface area contributed by atoms with Crippen molar-refractivity contribution in [1.82, 2.24) is 10.3 Å². The first-order chi connectivity index (χ1) is 9.72. The summed E-state index contributed by atoms with van der Waals surface area (Å²) < 4.78 is 1.03. The van der Waals surface area contributed by atoms with Crippen LogP contribution in [0.25, 0.3) is 0 Å². The van der Waals surface area contributed by atoms with Crippen LogP contribution in [0, 0.1) is 0 Å². The maximum atomic E-state index is 4.55. The highest BCUT2D eigenvalue weighted by atomic mass is 79.9. The van der Waals surface area contributed by atoms with Crippen molar-refractivity contribution < 1.29 is 0 Å². The molecule has 2 aromatic rings. The van der Waals surface area contributed by atoms with Crippen molar-refractivity contribution in [2.45, 2.75) is 39.2 Å². The average Bonchev–Trinajstić information content (AvgIpc) is 2.92. The highest BCUT2D eigenvalue weighted by Gasteiger charge is 2.14. The van der Waals surface area contributed by atoms with Crippen LogP contribution in [0.15, 0.2) is 34.9 Å². The Bertz CT molecular complexity index is 522. The molecule has 2 heterocycles. The molecule has 0 fully saturated rings. The van der Waals surface area contributed by atoms with Crippen molar-refractivity contribution in [3.05, 3.63) is 50.4 Å². The molecule has 1 N–H and O–H groups in total. The third kappa shape index (κ3) is 4.40. The lowest BCUT2D eigenvalue weighted by atomic mass is 10.1. The zero-order valence-corrected chi connectivity index (χ0v) is 14.4. The number of aromatic nitrogens is 1. The molecule has 20 heavy (non-hydrogen) atoms. The van der Waals surface area contributed by atoms with Gasteiger partial charge in [0, 0.05) is 26.8 Å². The van der Waals surface area contributed by atoms with Gasteiger partial charge in [-0.1, -0.05) is 13.8 Å². The van der Waals surface area contributed by atoms with E-state index in [-0.39, 0.29) is 0 Å². The number of hydrogen-bond donors (Lipinski definition) is 1. The monoisotopic (exact) mass is 352 g/mol. The third-order valence-corrected chi connectivity index (χ3v) is 4.94. The zero-order valence-electron chi connectivity index (χ0n) is 12.0. The molecule has 0 bridgehead atoms. The fourth-order valence-corrected chi connectivity index (χ4v) is 3.35. The van der Waals surface area contributed by atoms with Crippen LogP contribution in [-0.2, 0) is 12.8 Å². The van der Waals surface area contributed by atoms with Gasteiger partial charge < -0.3 is 5.32 Å². The van der Waals surface area contributed by atoms with Crippen molar-refractivity contribution >= 4 is 27.3 Å². The molecule has 108 valence electrons. The third-order valence-electron chi connectivity index (χ3n) is 3.22. The first kappa shape index (κ1) is 15.7. The summed E-state index contributed by atoms with van der Waals surface area (Å²) >= 11 is 5.36. The summed E-state index contributed by atoms with van der Waals surface area (Å²) in [6, 6.07) is 8.96. The summed E-state index contributed by atoms with van der Waals surface area (Å²) in [5.41, 5.74) is 1.12. The fraction of sp³-hybridized carbons (Fsp3) is 0.438. The zero-order chi connectivity index (χ0) is 14.4. The predicted octanol–water partition coefficient (Wildman–Crippen LogP) is 4.75. The van der Waals surface area contributed by atoms with E-state index in [1.54, 1.807) is 0 Å². The summed E-state index contributed by atoms with van der Waals surface area (Å²) in [5.74, 6) is 0. The van der Waals surface area contributed by atoms with Crippen molar-refractivity contribution in [2.24, 2.45) is 0 Å². The van der Waals surface area contributed by atoms with Crippen LogP contribution in [0.3, 0.4) is 0 Å². The number of rotatable bonds is 7. The van der Waals surface area contributed by atoms with E-state index in [1.165, 1.54) is 9.75 Å². The maximum absolute atomic E-state index is 4.55. The SMILES string of the molecule is CCCNC(Cc1ccc(CC)s1)c1ccc(Br)cn1. The van der Waals surface area contributed by atoms with Crippen LogP contribution in [0.5, 0.6) is 0 Å². The number of pyridine rings is 1. The standard InChI is InChI=1S/C16H21BrN2S/c1-3-9-18-16(15-8-5-12(17)11-19-15)10-14-7-6-13(4-2)20-14/h5-8,11,16,18H,3-4,9-10H2,1-2H3. The molecular weight excluding hydrogens is 332 g/mol. The normalized spacial score (nSPS) is 12.6. The Hall–Kier alpha value is -0.710. The van der Waals surface area contributed by atoms with Crippen LogP contribution in [0.4, 0.5) is 0 Å². The van der Waals surface area contributed by atoms with Gasteiger partial charge in [-0.15, -0.1) is 11.3 Å². The number of aryl methyl sites for hydroxylation is 1. The molecule has 2 rings (SSSR count). The molecule has 0 radical (unpaired) electrons. The number of nitrogens with one attached hydrogen (secondary N) is 1. The minimum absolute atomic E-state index is 0.298. The minimum atomic E-state index is 0.298. The van der Waals surface area contributed by atoms with E-state index in [9.17, 15) is 0 Å². The second-order valence-corrected chi connectivity index (χ2v) is 7.00. The molecule has 0 aliphatic rings. The quantitative estimate of drug-likeness (QED) is 0.777. The first-order valence-electron chi connectivity index (χ1n) is 7.15. The van der Waals surface area contributed by atoms with Gasteiger partial charge in [0.05, 0.1) is 11.7 Å².